The Bertz CT molecular complexity index is 501. The highest BCUT2D eigenvalue weighted by Crippen LogP contribution is 2.17. The van der Waals surface area contributed by atoms with Gasteiger partial charge in [-0.1, -0.05) is 0 Å². The molecule has 1 aromatic rings. The van der Waals surface area contributed by atoms with Crippen LogP contribution in [-0.4, -0.2) is 33.2 Å². The van der Waals surface area contributed by atoms with Crippen LogP contribution in [0, 0.1) is 5.92 Å². The van der Waals surface area contributed by atoms with Crippen molar-refractivity contribution < 1.29 is 13.2 Å². The van der Waals surface area contributed by atoms with E-state index < -0.39 is 10.0 Å². The summed E-state index contributed by atoms with van der Waals surface area (Å²) in [6.07, 6.45) is 4.71. The van der Waals surface area contributed by atoms with Gasteiger partial charge in [-0.3, -0.25) is 4.98 Å². The monoisotopic (exact) mass is 334 g/mol. The van der Waals surface area contributed by atoms with Gasteiger partial charge in [0.15, 0.2) is 0 Å². The number of hydrogen-bond donors (Lipinski definition) is 1. The van der Waals surface area contributed by atoms with Crippen LogP contribution in [0.4, 0.5) is 0 Å². The molecule has 7 heteroatoms. The molecule has 1 aromatic heterocycles. The standard InChI is InChI=1S/C11H15BrN2O3S/c12-10-5-11(7-13-6-10)18(15,16)14-3-1-9-2-4-17-8-9/h5-7,9,14H,1-4,8H2. The Morgan fingerprint density at radius 1 is 1.50 bits per heavy atom. The summed E-state index contributed by atoms with van der Waals surface area (Å²) in [6, 6.07) is 1.54. The maximum absolute atomic E-state index is 12.0. The number of halogens is 1. The maximum atomic E-state index is 12.0. The van der Waals surface area contributed by atoms with Crippen LogP contribution in [0.15, 0.2) is 27.8 Å². The summed E-state index contributed by atoms with van der Waals surface area (Å²) in [5, 5.41) is 0. The van der Waals surface area contributed by atoms with Crippen LogP contribution in [0.5, 0.6) is 0 Å². The second kappa shape index (κ2) is 6.10. The fourth-order valence-electron chi connectivity index (χ4n) is 1.83. The van der Waals surface area contributed by atoms with Crippen LogP contribution in [0.2, 0.25) is 0 Å². The molecular weight excluding hydrogens is 320 g/mol. The quantitative estimate of drug-likeness (QED) is 0.886. The van der Waals surface area contributed by atoms with E-state index in [0.717, 1.165) is 26.1 Å². The zero-order valence-electron chi connectivity index (χ0n) is 9.80. The molecule has 0 spiro atoms. The smallest absolute Gasteiger partial charge is 0.242 e. The Balaban J connectivity index is 1.90. The molecule has 2 rings (SSSR count). The first-order chi connectivity index (χ1) is 8.58. The Kier molecular flexibility index (Phi) is 4.71. The van der Waals surface area contributed by atoms with Gasteiger partial charge in [0.05, 0.1) is 0 Å². The largest absolute Gasteiger partial charge is 0.381 e. The molecular formula is C11H15BrN2O3S. The van der Waals surface area contributed by atoms with Crippen LogP contribution in [0.25, 0.3) is 0 Å². The summed E-state index contributed by atoms with van der Waals surface area (Å²) in [4.78, 5) is 4.03. The summed E-state index contributed by atoms with van der Waals surface area (Å²) in [5.41, 5.74) is 0. The number of sulfonamides is 1. The first-order valence-corrected chi connectivity index (χ1v) is 8.03. The van der Waals surface area contributed by atoms with Crippen molar-refractivity contribution >= 4 is 26.0 Å². The average molecular weight is 335 g/mol. The highest BCUT2D eigenvalue weighted by atomic mass is 79.9. The van der Waals surface area contributed by atoms with Crippen molar-refractivity contribution in [3.05, 3.63) is 22.9 Å². The van der Waals surface area contributed by atoms with Crippen molar-refractivity contribution in [3.8, 4) is 0 Å². The van der Waals surface area contributed by atoms with Crippen molar-refractivity contribution in [1.82, 2.24) is 9.71 Å². The van der Waals surface area contributed by atoms with Crippen LogP contribution in [-0.2, 0) is 14.8 Å². The van der Waals surface area contributed by atoms with Gasteiger partial charge in [0, 0.05) is 36.6 Å². The number of nitrogens with one attached hydrogen (secondary N) is 1. The Labute approximate surface area is 115 Å². The van der Waals surface area contributed by atoms with E-state index in [1.165, 1.54) is 12.3 Å². The summed E-state index contributed by atoms with van der Waals surface area (Å²) in [6.45, 7) is 1.95. The maximum Gasteiger partial charge on any atom is 0.242 e. The molecule has 0 amide bonds. The minimum absolute atomic E-state index is 0.180. The van der Waals surface area contributed by atoms with Crippen molar-refractivity contribution in [2.24, 2.45) is 5.92 Å². The number of ether oxygens (including phenoxy) is 1. The third-order valence-corrected chi connectivity index (χ3v) is 4.72. The van der Waals surface area contributed by atoms with E-state index in [-0.39, 0.29) is 4.90 Å². The van der Waals surface area contributed by atoms with Gasteiger partial charge in [0.25, 0.3) is 0 Å². The van der Waals surface area contributed by atoms with Crippen molar-refractivity contribution in [2.75, 3.05) is 19.8 Å². The van der Waals surface area contributed by atoms with E-state index in [9.17, 15) is 8.42 Å². The van der Waals surface area contributed by atoms with Gasteiger partial charge in [0.2, 0.25) is 10.0 Å². The molecule has 0 bridgehead atoms. The van der Waals surface area contributed by atoms with E-state index in [2.05, 4.69) is 25.6 Å². The molecule has 1 atom stereocenters. The molecule has 18 heavy (non-hydrogen) atoms. The van der Waals surface area contributed by atoms with E-state index in [1.807, 2.05) is 0 Å². The minimum atomic E-state index is -3.46. The van der Waals surface area contributed by atoms with Crippen LogP contribution >= 0.6 is 15.9 Å². The molecule has 5 nitrogen and oxygen atoms in total. The summed E-state index contributed by atoms with van der Waals surface area (Å²) < 4.78 is 32.4. The van der Waals surface area contributed by atoms with Gasteiger partial charge in [0.1, 0.15) is 4.90 Å². The van der Waals surface area contributed by atoms with Gasteiger partial charge in [-0.25, -0.2) is 13.1 Å². The Hall–Kier alpha value is -0.500. The summed E-state index contributed by atoms with van der Waals surface area (Å²) >= 11 is 3.21. The van der Waals surface area contributed by atoms with E-state index in [1.54, 1.807) is 6.20 Å². The van der Waals surface area contributed by atoms with E-state index >= 15 is 0 Å². The summed E-state index contributed by atoms with van der Waals surface area (Å²) in [7, 11) is -3.46. The van der Waals surface area contributed by atoms with Gasteiger partial charge < -0.3 is 4.74 Å². The third-order valence-electron chi connectivity index (χ3n) is 2.86. The van der Waals surface area contributed by atoms with Crippen LogP contribution in [0.1, 0.15) is 12.8 Å². The predicted octanol–water partition coefficient (Wildman–Crippen LogP) is 1.55. The van der Waals surface area contributed by atoms with Crippen molar-refractivity contribution in [3.63, 3.8) is 0 Å². The molecule has 0 saturated carbocycles. The third kappa shape index (κ3) is 3.74. The van der Waals surface area contributed by atoms with Gasteiger partial charge in [-0.15, -0.1) is 0 Å². The minimum Gasteiger partial charge on any atom is -0.381 e. The van der Waals surface area contributed by atoms with Gasteiger partial charge >= 0.3 is 0 Å². The molecule has 0 aliphatic carbocycles. The Morgan fingerprint density at radius 3 is 3.00 bits per heavy atom. The molecule has 0 aromatic carbocycles. The zero-order chi connectivity index (χ0) is 13.0. The molecule has 1 aliphatic heterocycles. The lowest BCUT2D eigenvalue weighted by atomic mass is 10.1. The van der Waals surface area contributed by atoms with Crippen molar-refractivity contribution in [2.45, 2.75) is 17.7 Å². The SMILES string of the molecule is O=S(=O)(NCCC1CCOC1)c1cncc(Br)c1. The fraction of sp³-hybridized carbons (Fsp3) is 0.545. The highest BCUT2D eigenvalue weighted by Gasteiger charge is 2.18. The molecule has 2 heterocycles. The van der Waals surface area contributed by atoms with Crippen LogP contribution < -0.4 is 4.72 Å². The lowest BCUT2D eigenvalue weighted by Crippen LogP contribution is -2.26. The number of nitrogens with zero attached hydrogens (tertiary/aromatic N) is 1. The lowest BCUT2D eigenvalue weighted by molar-refractivity contribution is 0.184. The topological polar surface area (TPSA) is 68.3 Å². The Morgan fingerprint density at radius 2 is 2.33 bits per heavy atom. The van der Waals surface area contributed by atoms with Gasteiger partial charge in [-0.05, 0) is 40.8 Å². The molecule has 1 aliphatic rings. The molecule has 0 radical (unpaired) electrons. The second-order valence-corrected chi connectivity index (χ2v) is 6.94. The molecule has 1 unspecified atom stereocenters. The lowest BCUT2D eigenvalue weighted by Gasteiger charge is -2.09. The zero-order valence-corrected chi connectivity index (χ0v) is 12.2. The molecule has 100 valence electrons. The number of pyridine rings is 1. The summed E-state index contributed by atoms with van der Waals surface area (Å²) in [5.74, 6) is 0.466. The van der Waals surface area contributed by atoms with Crippen LogP contribution in [0.3, 0.4) is 0 Å². The number of rotatable bonds is 5. The number of hydrogen-bond acceptors (Lipinski definition) is 4. The average Bonchev–Trinajstić information content (AvgIpc) is 2.82. The molecule has 1 N–H and O–H groups in total. The van der Waals surface area contributed by atoms with E-state index in [4.69, 9.17) is 4.74 Å². The predicted molar refractivity (Wildman–Crippen MR) is 70.7 cm³/mol. The first kappa shape index (κ1) is 13.9. The van der Waals surface area contributed by atoms with Gasteiger partial charge in [-0.2, -0.15) is 0 Å². The highest BCUT2D eigenvalue weighted by molar-refractivity contribution is 9.10. The number of aromatic nitrogens is 1. The molecule has 1 fully saturated rings. The first-order valence-electron chi connectivity index (χ1n) is 5.76. The fourth-order valence-corrected chi connectivity index (χ4v) is 3.38. The second-order valence-electron chi connectivity index (χ2n) is 4.25. The van der Waals surface area contributed by atoms with Crippen molar-refractivity contribution in [1.29, 1.82) is 0 Å². The molecule has 1 saturated heterocycles. The normalized spacial score (nSPS) is 20.2. The van der Waals surface area contributed by atoms with E-state index in [0.29, 0.717) is 16.9 Å².